The number of ether oxygens (including phenoxy) is 2. The second kappa shape index (κ2) is 8.09. The predicted molar refractivity (Wildman–Crippen MR) is 98.9 cm³/mol. The lowest BCUT2D eigenvalue weighted by Crippen LogP contribution is -2.42. The van der Waals surface area contributed by atoms with Crippen LogP contribution in [0.15, 0.2) is 29.4 Å². The zero-order valence-corrected chi connectivity index (χ0v) is 16.1. The van der Waals surface area contributed by atoms with Gasteiger partial charge < -0.3 is 9.47 Å². The highest BCUT2D eigenvalue weighted by atomic mass is 32.2. The van der Waals surface area contributed by atoms with Crippen molar-refractivity contribution in [1.29, 1.82) is 0 Å². The van der Waals surface area contributed by atoms with Gasteiger partial charge in [-0.3, -0.25) is 9.59 Å². The van der Waals surface area contributed by atoms with Gasteiger partial charge in [0.05, 0.1) is 30.2 Å². The highest BCUT2D eigenvalue weighted by molar-refractivity contribution is 7.91. The van der Waals surface area contributed by atoms with E-state index in [9.17, 15) is 22.8 Å². The fourth-order valence-electron chi connectivity index (χ4n) is 3.14. The van der Waals surface area contributed by atoms with Crippen molar-refractivity contribution >= 4 is 33.2 Å². The second-order valence-corrected chi connectivity index (χ2v) is 8.77. The number of methoxy groups -OCH3 is 1. The highest BCUT2D eigenvalue weighted by Crippen LogP contribution is 2.22. The van der Waals surface area contributed by atoms with Gasteiger partial charge in [0.2, 0.25) is 11.7 Å². The van der Waals surface area contributed by atoms with Crippen LogP contribution < -0.4 is 4.74 Å². The zero-order valence-electron chi connectivity index (χ0n) is 15.3. The number of ketones is 1. The van der Waals surface area contributed by atoms with E-state index in [-0.39, 0.29) is 48.0 Å². The molecule has 1 aromatic carbocycles. The van der Waals surface area contributed by atoms with E-state index in [1.165, 1.54) is 7.11 Å². The SMILES string of the molecule is COc1ccccc1C(=O)COC(=O)C1=NN([C@@H]2CCS(=O)(=O)C2)C(=O)CC1. The van der Waals surface area contributed by atoms with Gasteiger partial charge in [0.25, 0.3) is 0 Å². The predicted octanol–water partition coefficient (Wildman–Crippen LogP) is 0.587. The molecule has 0 unspecified atom stereocenters. The summed E-state index contributed by atoms with van der Waals surface area (Å²) in [5.74, 6) is -1.37. The first-order chi connectivity index (χ1) is 13.3. The van der Waals surface area contributed by atoms with Gasteiger partial charge in [-0.15, -0.1) is 0 Å². The average Bonchev–Trinajstić information content (AvgIpc) is 3.05. The first kappa shape index (κ1) is 20.0. The van der Waals surface area contributed by atoms with Gasteiger partial charge in [-0.25, -0.2) is 18.2 Å². The zero-order chi connectivity index (χ0) is 20.3. The third kappa shape index (κ3) is 4.38. The van der Waals surface area contributed by atoms with E-state index >= 15 is 0 Å². The minimum absolute atomic E-state index is 0.00303. The molecular weight excluding hydrogens is 388 g/mol. The molecule has 1 aromatic rings. The van der Waals surface area contributed by atoms with E-state index < -0.39 is 34.2 Å². The average molecular weight is 408 g/mol. The maximum absolute atomic E-state index is 12.3. The summed E-state index contributed by atoms with van der Waals surface area (Å²) in [4.78, 5) is 36.7. The third-order valence-electron chi connectivity index (χ3n) is 4.59. The summed E-state index contributed by atoms with van der Waals surface area (Å²) in [7, 11) is -1.77. The number of carbonyl (C=O) groups is 3. The number of nitrogens with zero attached hydrogens (tertiary/aromatic N) is 2. The summed E-state index contributed by atoms with van der Waals surface area (Å²) in [6.07, 6.45) is 0.396. The molecule has 1 fully saturated rings. The van der Waals surface area contributed by atoms with Crippen LogP contribution in [0.25, 0.3) is 0 Å². The fourth-order valence-corrected chi connectivity index (χ4v) is 4.83. The van der Waals surface area contributed by atoms with Gasteiger partial charge in [0.15, 0.2) is 16.4 Å². The lowest BCUT2D eigenvalue weighted by atomic mass is 10.1. The lowest BCUT2D eigenvalue weighted by Gasteiger charge is -2.27. The van der Waals surface area contributed by atoms with Gasteiger partial charge >= 0.3 is 5.97 Å². The second-order valence-electron chi connectivity index (χ2n) is 6.54. The fraction of sp³-hybridized carbons (Fsp3) is 0.444. The molecule has 2 aliphatic heterocycles. The van der Waals surface area contributed by atoms with Gasteiger partial charge in [-0.05, 0) is 18.6 Å². The number of benzene rings is 1. The molecule has 150 valence electrons. The third-order valence-corrected chi connectivity index (χ3v) is 6.34. The highest BCUT2D eigenvalue weighted by Gasteiger charge is 2.37. The van der Waals surface area contributed by atoms with Crippen LogP contribution in [0.2, 0.25) is 0 Å². The van der Waals surface area contributed by atoms with Crippen LogP contribution >= 0.6 is 0 Å². The summed E-state index contributed by atoms with van der Waals surface area (Å²) in [5.41, 5.74) is 0.285. The Kier molecular flexibility index (Phi) is 5.78. The molecule has 0 saturated carbocycles. The molecule has 0 aliphatic carbocycles. The molecule has 1 amide bonds. The van der Waals surface area contributed by atoms with E-state index in [1.54, 1.807) is 24.3 Å². The van der Waals surface area contributed by atoms with Gasteiger partial charge in [0.1, 0.15) is 11.5 Å². The number of hydrogen-bond donors (Lipinski definition) is 0. The molecule has 3 rings (SSSR count). The van der Waals surface area contributed by atoms with E-state index in [0.717, 1.165) is 5.01 Å². The summed E-state index contributed by atoms with van der Waals surface area (Å²) in [6, 6.07) is 6.00. The number of para-hydroxylation sites is 1. The van der Waals surface area contributed by atoms with Gasteiger partial charge in [-0.1, -0.05) is 12.1 Å². The standard InChI is InChI=1S/C18H20N2O7S/c1-26-16-5-3-2-4-13(16)15(21)10-27-18(23)14-6-7-17(22)20(19-14)12-8-9-28(24,25)11-12/h2-5,12H,6-11H2,1H3/t12-/m1/s1. The minimum Gasteiger partial charge on any atom is -0.496 e. The number of esters is 1. The van der Waals surface area contributed by atoms with Gasteiger partial charge in [-0.2, -0.15) is 5.10 Å². The largest absolute Gasteiger partial charge is 0.496 e. The van der Waals surface area contributed by atoms with Crippen molar-refractivity contribution in [3.8, 4) is 5.75 Å². The Balaban J connectivity index is 1.66. The van der Waals surface area contributed by atoms with E-state index in [0.29, 0.717) is 5.75 Å². The molecule has 1 saturated heterocycles. The summed E-state index contributed by atoms with van der Waals surface area (Å²) in [6.45, 7) is -0.496. The van der Waals surface area contributed by atoms with E-state index in [4.69, 9.17) is 9.47 Å². The van der Waals surface area contributed by atoms with Crippen molar-refractivity contribution in [3.05, 3.63) is 29.8 Å². The summed E-state index contributed by atoms with van der Waals surface area (Å²) < 4.78 is 33.5. The number of hydrazone groups is 1. The molecule has 0 N–H and O–H groups in total. The molecular formula is C18H20N2O7S. The molecule has 0 bridgehead atoms. The Morgan fingerprint density at radius 2 is 2.00 bits per heavy atom. The van der Waals surface area contributed by atoms with Crippen molar-refractivity contribution in [3.63, 3.8) is 0 Å². The Morgan fingerprint density at radius 1 is 1.25 bits per heavy atom. The summed E-state index contributed by atoms with van der Waals surface area (Å²) >= 11 is 0. The molecule has 2 aliphatic rings. The normalized spacial score (nSPS) is 21.2. The van der Waals surface area contributed by atoms with Crippen LogP contribution in [0.3, 0.4) is 0 Å². The van der Waals surface area contributed by atoms with Crippen LogP contribution in [-0.4, -0.2) is 68.1 Å². The number of Topliss-reactive ketones (excluding diaryl/α,β-unsaturated/α-hetero) is 1. The number of sulfone groups is 1. The maximum atomic E-state index is 12.3. The van der Waals surface area contributed by atoms with Gasteiger partial charge in [0, 0.05) is 12.8 Å². The Labute approximate surface area is 162 Å². The topological polar surface area (TPSA) is 119 Å². The van der Waals surface area contributed by atoms with Crippen molar-refractivity contribution in [2.45, 2.75) is 25.3 Å². The van der Waals surface area contributed by atoms with E-state index in [1.807, 2.05) is 0 Å². The number of carbonyl (C=O) groups excluding carboxylic acids is 3. The van der Waals surface area contributed by atoms with Crippen LogP contribution in [0.1, 0.15) is 29.6 Å². The summed E-state index contributed by atoms with van der Waals surface area (Å²) in [5, 5.41) is 5.10. The first-order valence-electron chi connectivity index (χ1n) is 8.74. The van der Waals surface area contributed by atoms with Crippen molar-refractivity contribution in [2.75, 3.05) is 25.2 Å². The molecule has 1 atom stereocenters. The Hall–Kier alpha value is -2.75. The molecule has 0 spiro atoms. The number of amides is 1. The molecule has 28 heavy (non-hydrogen) atoms. The lowest BCUT2D eigenvalue weighted by molar-refractivity contribution is -0.136. The molecule has 10 heteroatoms. The van der Waals surface area contributed by atoms with Crippen LogP contribution in [0, 0.1) is 0 Å². The monoisotopic (exact) mass is 408 g/mol. The van der Waals surface area contributed by atoms with Crippen molar-refractivity contribution < 1.29 is 32.3 Å². The Morgan fingerprint density at radius 3 is 2.68 bits per heavy atom. The molecule has 9 nitrogen and oxygen atoms in total. The smallest absolute Gasteiger partial charge is 0.354 e. The maximum Gasteiger partial charge on any atom is 0.354 e. The van der Waals surface area contributed by atoms with Crippen LogP contribution in [-0.2, 0) is 24.2 Å². The van der Waals surface area contributed by atoms with Crippen LogP contribution in [0.5, 0.6) is 5.75 Å². The van der Waals surface area contributed by atoms with Crippen molar-refractivity contribution in [1.82, 2.24) is 5.01 Å². The quantitative estimate of drug-likeness (QED) is 0.499. The van der Waals surface area contributed by atoms with E-state index in [2.05, 4.69) is 5.10 Å². The Bertz CT molecular complexity index is 939. The molecule has 0 aromatic heterocycles. The first-order valence-corrected chi connectivity index (χ1v) is 10.6. The molecule has 0 radical (unpaired) electrons. The molecule has 2 heterocycles. The number of hydrogen-bond acceptors (Lipinski definition) is 8. The number of rotatable bonds is 6. The van der Waals surface area contributed by atoms with Crippen LogP contribution in [0.4, 0.5) is 0 Å². The van der Waals surface area contributed by atoms with Crippen molar-refractivity contribution in [2.24, 2.45) is 5.10 Å². The minimum atomic E-state index is -3.20.